The molecule has 0 radical (unpaired) electrons. The van der Waals surface area contributed by atoms with E-state index in [2.05, 4.69) is 10.6 Å². The van der Waals surface area contributed by atoms with Gasteiger partial charge in [-0.15, -0.1) is 0 Å². The van der Waals surface area contributed by atoms with Crippen LogP contribution in [-0.2, 0) is 23.9 Å². The van der Waals surface area contributed by atoms with Crippen molar-refractivity contribution in [2.75, 3.05) is 13.7 Å². The molecule has 0 aromatic heterocycles. The van der Waals surface area contributed by atoms with Gasteiger partial charge in [0.1, 0.15) is 11.8 Å². The fourth-order valence-electron chi connectivity index (χ4n) is 3.54. The van der Waals surface area contributed by atoms with Crippen molar-refractivity contribution in [2.45, 2.75) is 76.7 Å². The molecule has 4 atom stereocenters. The van der Waals surface area contributed by atoms with E-state index in [1.54, 1.807) is 0 Å². The summed E-state index contributed by atoms with van der Waals surface area (Å²) in [7, 11) is 1.29. The Balaban J connectivity index is 1.91. The van der Waals surface area contributed by atoms with Gasteiger partial charge in [0.25, 0.3) is 0 Å². The van der Waals surface area contributed by atoms with E-state index < -0.39 is 18.1 Å². The molecule has 0 aromatic carbocycles. The van der Waals surface area contributed by atoms with Gasteiger partial charge in [-0.05, 0) is 46.5 Å². The number of ether oxygens (including phenoxy) is 2. The van der Waals surface area contributed by atoms with E-state index in [0.29, 0.717) is 25.8 Å². The van der Waals surface area contributed by atoms with Crippen LogP contribution in [0.1, 0.15) is 52.9 Å². The molecule has 7 heteroatoms. The number of nitrogens with one attached hydrogen (secondary N) is 2. The average molecular weight is 354 g/mol. The summed E-state index contributed by atoms with van der Waals surface area (Å²) in [6, 6.07) is -1.19. The lowest BCUT2D eigenvalue weighted by atomic mass is 9.97. The van der Waals surface area contributed by atoms with Gasteiger partial charge in [0.15, 0.2) is 0 Å². The molecule has 142 valence electrons. The van der Waals surface area contributed by atoms with Crippen molar-refractivity contribution in [1.82, 2.24) is 10.6 Å². The van der Waals surface area contributed by atoms with Crippen LogP contribution in [0.3, 0.4) is 0 Å². The summed E-state index contributed by atoms with van der Waals surface area (Å²) in [4.78, 5) is 36.4. The highest BCUT2D eigenvalue weighted by Crippen LogP contribution is 2.26. The van der Waals surface area contributed by atoms with Gasteiger partial charge in [-0.1, -0.05) is 0 Å². The molecule has 0 aromatic rings. The van der Waals surface area contributed by atoms with E-state index in [4.69, 9.17) is 9.47 Å². The molecular formula is C18H30N2O5. The molecule has 1 aliphatic carbocycles. The Morgan fingerprint density at radius 2 is 2.08 bits per heavy atom. The molecule has 1 saturated carbocycles. The largest absolute Gasteiger partial charge is 0.467 e. The summed E-state index contributed by atoms with van der Waals surface area (Å²) in [6.07, 6.45) is 3.00. The van der Waals surface area contributed by atoms with E-state index in [0.717, 1.165) is 12.8 Å². The number of amides is 1. The fourth-order valence-corrected chi connectivity index (χ4v) is 3.54. The van der Waals surface area contributed by atoms with Crippen LogP contribution in [0.5, 0.6) is 0 Å². The number of rotatable bonds is 6. The van der Waals surface area contributed by atoms with E-state index in [-0.39, 0.29) is 29.3 Å². The van der Waals surface area contributed by atoms with Crippen LogP contribution in [0.15, 0.2) is 0 Å². The molecule has 1 saturated heterocycles. The van der Waals surface area contributed by atoms with Gasteiger partial charge >= 0.3 is 5.97 Å². The molecule has 1 amide bonds. The predicted molar refractivity (Wildman–Crippen MR) is 91.9 cm³/mol. The summed E-state index contributed by atoms with van der Waals surface area (Å²) in [5.41, 5.74) is -0.269. The van der Waals surface area contributed by atoms with Crippen LogP contribution in [0.25, 0.3) is 0 Å². The monoisotopic (exact) mass is 354 g/mol. The molecule has 7 nitrogen and oxygen atoms in total. The zero-order valence-electron chi connectivity index (χ0n) is 15.6. The second-order valence-corrected chi connectivity index (χ2v) is 7.92. The molecule has 0 bridgehead atoms. The highest BCUT2D eigenvalue weighted by atomic mass is 16.5. The zero-order valence-corrected chi connectivity index (χ0v) is 15.6. The summed E-state index contributed by atoms with van der Waals surface area (Å²) in [6.45, 7) is 6.53. The minimum Gasteiger partial charge on any atom is -0.467 e. The Morgan fingerprint density at radius 1 is 1.36 bits per heavy atom. The van der Waals surface area contributed by atoms with Crippen LogP contribution < -0.4 is 10.6 Å². The van der Waals surface area contributed by atoms with Gasteiger partial charge in [-0.25, -0.2) is 4.79 Å². The standard InChI is InChI=1S/C18H30N2O5/c1-18(2,3)25-12-9-13(19-10-12)16(22)20-14(17(23)24-4)8-11-6-5-7-15(11)21/h11-14,19H,5-10H2,1-4H3,(H,20,22)/t11-,12+,13-,14-/m0/s1. The fraction of sp³-hybridized carbons (Fsp3) is 0.833. The molecule has 0 spiro atoms. The van der Waals surface area contributed by atoms with Crippen molar-refractivity contribution in [3.8, 4) is 0 Å². The molecule has 0 unspecified atom stereocenters. The predicted octanol–water partition coefficient (Wildman–Crippen LogP) is 0.949. The first-order valence-corrected chi connectivity index (χ1v) is 9.01. The number of esters is 1. The lowest BCUT2D eigenvalue weighted by molar-refractivity contribution is -0.146. The molecule has 2 rings (SSSR count). The lowest BCUT2D eigenvalue weighted by Gasteiger charge is -2.24. The first kappa shape index (κ1) is 19.8. The van der Waals surface area contributed by atoms with E-state index >= 15 is 0 Å². The Kier molecular flexibility index (Phi) is 6.57. The van der Waals surface area contributed by atoms with Crippen molar-refractivity contribution in [2.24, 2.45) is 5.92 Å². The van der Waals surface area contributed by atoms with Crippen molar-refractivity contribution in [3.63, 3.8) is 0 Å². The lowest BCUT2D eigenvalue weighted by Crippen LogP contribution is -2.49. The minimum absolute atomic E-state index is 0.0382. The quantitative estimate of drug-likeness (QED) is 0.690. The molecule has 2 N–H and O–H groups in total. The molecule has 2 aliphatic rings. The van der Waals surface area contributed by atoms with Crippen LogP contribution in [0.2, 0.25) is 0 Å². The van der Waals surface area contributed by atoms with Gasteiger partial charge in [0.2, 0.25) is 5.91 Å². The summed E-state index contributed by atoms with van der Waals surface area (Å²) < 4.78 is 10.7. The Morgan fingerprint density at radius 3 is 2.64 bits per heavy atom. The molecule has 1 aliphatic heterocycles. The third kappa shape index (κ3) is 5.78. The van der Waals surface area contributed by atoms with Crippen molar-refractivity contribution < 1.29 is 23.9 Å². The average Bonchev–Trinajstić information content (AvgIpc) is 3.13. The number of carbonyl (C=O) groups excluding carboxylic acids is 3. The number of Topliss-reactive ketones (excluding diaryl/α,β-unsaturated/α-hetero) is 1. The van der Waals surface area contributed by atoms with Crippen LogP contribution in [0, 0.1) is 5.92 Å². The van der Waals surface area contributed by atoms with Gasteiger partial charge in [0, 0.05) is 18.9 Å². The zero-order chi connectivity index (χ0) is 18.6. The number of carbonyl (C=O) groups is 3. The molecule has 25 heavy (non-hydrogen) atoms. The van der Waals surface area contributed by atoms with Crippen molar-refractivity contribution in [1.29, 1.82) is 0 Å². The summed E-state index contributed by atoms with van der Waals surface area (Å²) >= 11 is 0. The molecule has 1 heterocycles. The maximum Gasteiger partial charge on any atom is 0.328 e. The Hall–Kier alpha value is -1.47. The molecule has 2 fully saturated rings. The van der Waals surface area contributed by atoms with Crippen LogP contribution in [0.4, 0.5) is 0 Å². The van der Waals surface area contributed by atoms with Crippen LogP contribution >= 0.6 is 0 Å². The smallest absolute Gasteiger partial charge is 0.328 e. The third-order valence-electron chi connectivity index (χ3n) is 4.68. The van der Waals surface area contributed by atoms with Crippen LogP contribution in [-0.4, -0.2) is 55.1 Å². The third-order valence-corrected chi connectivity index (χ3v) is 4.68. The second kappa shape index (κ2) is 8.27. The topological polar surface area (TPSA) is 93.7 Å². The highest BCUT2D eigenvalue weighted by molar-refractivity contribution is 5.89. The first-order valence-electron chi connectivity index (χ1n) is 9.01. The van der Waals surface area contributed by atoms with Gasteiger partial charge in [-0.2, -0.15) is 0 Å². The molecular weight excluding hydrogens is 324 g/mol. The maximum atomic E-state index is 12.5. The van der Waals surface area contributed by atoms with E-state index in [1.165, 1.54) is 7.11 Å². The SMILES string of the molecule is COC(=O)[C@H](C[C@@H]1CCCC1=O)NC(=O)[C@@H]1C[C@@H](OC(C)(C)C)CN1. The highest BCUT2D eigenvalue weighted by Gasteiger charge is 2.36. The van der Waals surface area contributed by atoms with Gasteiger partial charge in [0.05, 0.1) is 24.9 Å². The number of methoxy groups -OCH3 is 1. The second-order valence-electron chi connectivity index (χ2n) is 7.92. The Bertz CT molecular complexity index is 514. The minimum atomic E-state index is -0.783. The van der Waals surface area contributed by atoms with Crippen molar-refractivity contribution in [3.05, 3.63) is 0 Å². The maximum absolute atomic E-state index is 12.5. The number of hydrogen-bond acceptors (Lipinski definition) is 6. The van der Waals surface area contributed by atoms with E-state index in [1.807, 2.05) is 20.8 Å². The Labute approximate surface area is 149 Å². The number of hydrogen-bond donors (Lipinski definition) is 2. The van der Waals surface area contributed by atoms with E-state index in [9.17, 15) is 14.4 Å². The summed E-state index contributed by atoms with van der Waals surface area (Å²) in [5.74, 6) is -0.756. The first-order chi connectivity index (χ1) is 11.7. The normalized spacial score (nSPS) is 28.0. The van der Waals surface area contributed by atoms with Crippen molar-refractivity contribution >= 4 is 17.7 Å². The van der Waals surface area contributed by atoms with Gasteiger partial charge in [-0.3, -0.25) is 9.59 Å². The summed E-state index contributed by atoms with van der Waals surface area (Å²) in [5, 5.41) is 5.89. The number of ketones is 1. The van der Waals surface area contributed by atoms with Gasteiger partial charge < -0.3 is 20.1 Å².